The summed E-state index contributed by atoms with van der Waals surface area (Å²) in [6.07, 6.45) is -4.01. The molecule has 1 aromatic carbocycles. The Morgan fingerprint density at radius 3 is 2.26 bits per heavy atom. The fraction of sp³-hybridized carbons (Fsp3) is 0.545. The second-order valence-corrected chi connectivity index (χ2v) is 8.53. The molecule has 0 unspecified atom stereocenters. The van der Waals surface area contributed by atoms with Crippen molar-refractivity contribution in [2.45, 2.75) is 51.6 Å². The number of ether oxygens (including phenoxy) is 2. The van der Waals surface area contributed by atoms with Crippen LogP contribution in [0.1, 0.15) is 33.1 Å². The molecular formula is C22H29F3N4O6. The van der Waals surface area contributed by atoms with E-state index in [-0.39, 0.29) is 30.4 Å². The first-order valence-corrected chi connectivity index (χ1v) is 11.0. The number of hydrogen-bond acceptors (Lipinski definition) is 6. The molecule has 0 saturated carbocycles. The van der Waals surface area contributed by atoms with Crippen molar-refractivity contribution >= 4 is 23.6 Å². The molecule has 0 aromatic heterocycles. The fourth-order valence-corrected chi connectivity index (χ4v) is 3.50. The van der Waals surface area contributed by atoms with Gasteiger partial charge in [-0.25, -0.2) is 0 Å². The van der Waals surface area contributed by atoms with Crippen LogP contribution in [0, 0.1) is 11.8 Å². The number of alkyl halides is 3. The number of carbonyl (C=O) groups excluding carboxylic acids is 4. The van der Waals surface area contributed by atoms with Gasteiger partial charge in [0.1, 0.15) is 23.6 Å². The third-order valence-electron chi connectivity index (χ3n) is 5.13. The molecule has 5 N–H and O–H groups in total. The van der Waals surface area contributed by atoms with Gasteiger partial charge >= 0.3 is 6.36 Å². The average Bonchev–Trinajstić information content (AvgIpc) is 3.15. The van der Waals surface area contributed by atoms with Crippen LogP contribution in [-0.2, 0) is 19.2 Å². The number of nitrogens with one attached hydrogen (secondary N) is 3. The first kappa shape index (κ1) is 27.7. The molecule has 0 spiro atoms. The van der Waals surface area contributed by atoms with Gasteiger partial charge in [0, 0.05) is 12.5 Å². The monoisotopic (exact) mass is 502 g/mol. The van der Waals surface area contributed by atoms with Crippen molar-refractivity contribution in [1.82, 2.24) is 16.0 Å². The van der Waals surface area contributed by atoms with Crippen LogP contribution in [0.4, 0.5) is 13.2 Å². The predicted octanol–water partition coefficient (Wildman–Crippen LogP) is 0.991. The molecule has 1 aromatic rings. The van der Waals surface area contributed by atoms with Crippen molar-refractivity contribution in [3.63, 3.8) is 0 Å². The molecule has 1 aliphatic rings. The Kier molecular flexibility index (Phi) is 9.72. The van der Waals surface area contributed by atoms with Gasteiger partial charge in [-0.05, 0) is 49.4 Å². The first-order chi connectivity index (χ1) is 16.3. The molecule has 0 aliphatic carbocycles. The van der Waals surface area contributed by atoms with Crippen molar-refractivity contribution in [3.05, 3.63) is 24.3 Å². The SMILES string of the molecule is CC(C)C[C@H](NC(=O)COc1ccc(OC(F)(F)F)cc1)C(=O)N[C@@H](C[C@@H]1CCNC1=O)C(N)=O. The minimum atomic E-state index is -4.83. The molecule has 13 heteroatoms. The van der Waals surface area contributed by atoms with Crippen molar-refractivity contribution in [3.8, 4) is 11.5 Å². The highest BCUT2D eigenvalue weighted by Gasteiger charge is 2.33. The summed E-state index contributed by atoms with van der Waals surface area (Å²) in [5.74, 6) is -3.09. The van der Waals surface area contributed by atoms with Gasteiger partial charge in [0.05, 0.1) is 0 Å². The van der Waals surface area contributed by atoms with E-state index in [2.05, 4.69) is 20.7 Å². The van der Waals surface area contributed by atoms with Crippen LogP contribution < -0.4 is 31.2 Å². The van der Waals surface area contributed by atoms with Crippen LogP contribution in [0.15, 0.2) is 24.3 Å². The molecule has 0 radical (unpaired) electrons. The van der Waals surface area contributed by atoms with Crippen molar-refractivity contribution < 1.29 is 41.8 Å². The molecule has 4 amide bonds. The maximum Gasteiger partial charge on any atom is 0.573 e. The number of amides is 4. The third-order valence-corrected chi connectivity index (χ3v) is 5.13. The Morgan fingerprint density at radius 2 is 1.74 bits per heavy atom. The van der Waals surface area contributed by atoms with Gasteiger partial charge in [0.25, 0.3) is 5.91 Å². The summed E-state index contributed by atoms with van der Waals surface area (Å²) in [6, 6.07) is 2.37. The molecule has 3 atom stereocenters. The molecule has 1 saturated heterocycles. The van der Waals surface area contributed by atoms with Crippen LogP contribution in [0.25, 0.3) is 0 Å². The molecule has 194 valence electrons. The fourth-order valence-electron chi connectivity index (χ4n) is 3.50. The average molecular weight is 502 g/mol. The highest BCUT2D eigenvalue weighted by molar-refractivity contribution is 5.92. The summed E-state index contributed by atoms with van der Waals surface area (Å²) in [5.41, 5.74) is 5.40. The van der Waals surface area contributed by atoms with Gasteiger partial charge in [-0.15, -0.1) is 13.2 Å². The minimum absolute atomic E-state index is 0.000725. The lowest BCUT2D eigenvalue weighted by Crippen LogP contribution is -2.54. The van der Waals surface area contributed by atoms with E-state index < -0.39 is 54.4 Å². The zero-order valence-electron chi connectivity index (χ0n) is 19.3. The van der Waals surface area contributed by atoms with Crippen LogP contribution in [-0.4, -0.2) is 55.2 Å². The van der Waals surface area contributed by atoms with Gasteiger partial charge < -0.3 is 31.2 Å². The van der Waals surface area contributed by atoms with E-state index >= 15 is 0 Å². The molecule has 1 aliphatic heterocycles. The Labute approximate surface area is 200 Å². The summed E-state index contributed by atoms with van der Waals surface area (Å²) in [6.45, 7) is 3.64. The summed E-state index contributed by atoms with van der Waals surface area (Å²) in [7, 11) is 0. The molecule has 2 rings (SSSR count). The normalized spacial score (nSPS) is 17.3. The quantitative estimate of drug-likeness (QED) is 0.335. The van der Waals surface area contributed by atoms with Crippen LogP contribution in [0.3, 0.4) is 0 Å². The van der Waals surface area contributed by atoms with Gasteiger partial charge in [0.15, 0.2) is 6.61 Å². The smallest absolute Gasteiger partial charge is 0.484 e. The standard InChI is InChI=1S/C22H29F3N4O6/c1-12(2)9-17(21(33)29-16(19(26)31)10-13-7-8-27-20(13)32)28-18(30)11-34-14-3-5-15(6-4-14)35-22(23,24)25/h3-6,12-13,16-17H,7-11H2,1-2H3,(H2,26,31)(H,27,32)(H,28,30)(H,29,33)/t13-,16-,17-/m0/s1. The molecule has 1 heterocycles. The number of hydrogen-bond donors (Lipinski definition) is 4. The van der Waals surface area contributed by atoms with E-state index in [1.54, 1.807) is 0 Å². The molecular weight excluding hydrogens is 473 g/mol. The lowest BCUT2D eigenvalue weighted by molar-refractivity contribution is -0.274. The number of primary amides is 1. The number of rotatable bonds is 12. The maximum absolute atomic E-state index is 12.8. The number of benzene rings is 1. The number of nitrogens with two attached hydrogens (primary N) is 1. The highest BCUT2D eigenvalue weighted by atomic mass is 19.4. The summed E-state index contributed by atoms with van der Waals surface area (Å²) >= 11 is 0. The second kappa shape index (κ2) is 12.3. The van der Waals surface area contributed by atoms with Crippen molar-refractivity contribution in [1.29, 1.82) is 0 Å². The molecule has 10 nitrogen and oxygen atoms in total. The molecule has 35 heavy (non-hydrogen) atoms. The van der Waals surface area contributed by atoms with E-state index in [1.165, 1.54) is 12.1 Å². The van der Waals surface area contributed by atoms with Crippen LogP contribution in [0.2, 0.25) is 0 Å². The Morgan fingerprint density at radius 1 is 1.11 bits per heavy atom. The van der Waals surface area contributed by atoms with Gasteiger partial charge in [-0.3, -0.25) is 19.2 Å². The van der Waals surface area contributed by atoms with Crippen LogP contribution >= 0.6 is 0 Å². The lowest BCUT2D eigenvalue weighted by Gasteiger charge is -2.24. The predicted molar refractivity (Wildman–Crippen MR) is 117 cm³/mol. The van der Waals surface area contributed by atoms with E-state index in [1.807, 2.05) is 13.8 Å². The largest absolute Gasteiger partial charge is 0.573 e. The third kappa shape index (κ3) is 9.71. The summed E-state index contributed by atoms with van der Waals surface area (Å²) in [5, 5.41) is 7.70. The maximum atomic E-state index is 12.8. The number of halogens is 3. The molecule has 1 fully saturated rings. The first-order valence-electron chi connectivity index (χ1n) is 11.0. The van der Waals surface area contributed by atoms with Crippen LogP contribution in [0.5, 0.6) is 11.5 Å². The van der Waals surface area contributed by atoms with E-state index in [0.717, 1.165) is 12.1 Å². The second-order valence-electron chi connectivity index (χ2n) is 8.53. The van der Waals surface area contributed by atoms with E-state index in [9.17, 15) is 32.3 Å². The van der Waals surface area contributed by atoms with Crippen molar-refractivity contribution in [2.75, 3.05) is 13.2 Å². The summed E-state index contributed by atoms with van der Waals surface area (Å²) in [4.78, 5) is 48.9. The topological polar surface area (TPSA) is 149 Å². The van der Waals surface area contributed by atoms with E-state index in [4.69, 9.17) is 10.5 Å². The summed E-state index contributed by atoms with van der Waals surface area (Å²) < 4.78 is 45.7. The Balaban J connectivity index is 1.94. The Hall–Kier alpha value is -3.51. The number of carbonyl (C=O) groups is 4. The zero-order chi connectivity index (χ0) is 26.2. The van der Waals surface area contributed by atoms with Gasteiger partial charge in [-0.1, -0.05) is 13.8 Å². The highest BCUT2D eigenvalue weighted by Crippen LogP contribution is 2.24. The zero-order valence-corrected chi connectivity index (χ0v) is 19.3. The lowest BCUT2D eigenvalue weighted by atomic mass is 9.97. The van der Waals surface area contributed by atoms with Gasteiger partial charge in [-0.2, -0.15) is 0 Å². The minimum Gasteiger partial charge on any atom is -0.484 e. The Bertz CT molecular complexity index is 907. The molecule has 0 bridgehead atoms. The van der Waals surface area contributed by atoms with Gasteiger partial charge in [0.2, 0.25) is 17.7 Å². The van der Waals surface area contributed by atoms with Crippen molar-refractivity contribution in [2.24, 2.45) is 17.6 Å². The van der Waals surface area contributed by atoms with E-state index in [0.29, 0.717) is 13.0 Å².